The maximum atomic E-state index is 11.9. The molecule has 3 rings (SSSR count). The molecule has 0 aromatic heterocycles. The van der Waals surface area contributed by atoms with Crippen molar-refractivity contribution in [2.24, 2.45) is 59.2 Å². The summed E-state index contributed by atoms with van der Waals surface area (Å²) in [6, 6.07) is 0. The summed E-state index contributed by atoms with van der Waals surface area (Å²) < 4.78 is 0.885. The highest BCUT2D eigenvalue weighted by Crippen LogP contribution is 2.53. The van der Waals surface area contributed by atoms with Gasteiger partial charge in [0.25, 0.3) is 0 Å². The fourth-order valence-electron chi connectivity index (χ4n) is 7.53. The van der Waals surface area contributed by atoms with Crippen LogP contribution < -0.4 is 0 Å². The first kappa shape index (κ1) is 22.1. The van der Waals surface area contributed by atoms with Crippen LogP contribution in [0.5, 0.6) is 0 Å². The van der Waals surface area contributed by atoms with E-state index >= 15 is 0 Å². The number of rotatable bonds is 3. The summed E-state index contributed by atoms with van der Waals surface area (Å²) in [7, 11) is 0. The number of halogens is 1. The molecule has 0 N–H and O–H groups in total. The molecular weight excluding hydrogens is 443 g/mol. The number of alkyl halides is 1. The molecule has 0 aromatic rings. The second-order valence-corrected chi connectivity index (χ2v) is 12.7. The Morgan fingerprint density at radius 3 is 1.78 bits per heavy atom. The summed E-state index contributed by atoms with van der Waals surface area (Å²) in [6.45, 7) is 14.3. The average Bonchev–Trinajstić information content (AvgIpc) is 2.59. The lowest BCUT2D eigenvalue weighted by molar-refractivity contribution is -0.124. The molecule has 3 aliphatic rings. The van der Waals surface area contributed by atoms with Crippen molar-refractivity contribution in [2.45, 2.75) is 90.4 Å². The van der Waals surface area contributed by atoms with E-state index < -0.39 is 0 Å². The van der Waals surface area contributed by atoms with Gasteiger partial charge in [-0.2, -0.15) is 0 Å². The number of hydrogen-bond donors (Lipinski definition) is 0. The van der Waals surface area contributed by atoms with Gasteiger partial charge in [0.1, 0.15) is 5.78 Å². The summed E-state index contributed by atoms with van der Waals surface area (Å²) in [4.78, 5) is 11.9. The molecule has 0 bridgehead atoms. The number of ketones is 1. The Balaban J connectivity index is 1.63. The van der Waals surface area contributed by atoms with Crippen molar-refractivity contribution in [3.05, 3.63) is 0 Å². The van der Waals surface area contributed by atoms with Gasteiger partial charge in [-0.05, 0) is 105 Å². The zero-order valence-electron chi connectivity index (χ0n) is 18.6. The molecule has 2 heteroatoms. The second kappa shape index (κ2) is 9.04. The Morgan fingerprint density at radius 2 is 1.19 bits per heavy atom. The van der Waals surface area contributed by atoms with Crippen LogP contribution in [0.25, 0.3) is 0 Å². The molecule has 0 saturated heterocycles. The van der Waals surface area contributed by atoms with Crippen LogP contribution >= 0.6 is 22.6 Å². The predicted molar refractivity (Wildman–Crippen MR) is 124 cm³/mol. The molecule has 1 nitrogen and oxygen atoms in total. The van der Waals surface area contributed by atoms with Crippen molar-refractivity contribution < 1.29 is 4.79 Å². The van der Waals surface area contributed by atoms with Crippen LogP contribution in [0.15, 0.2) is 0 Å². The van der Waals surface area contributed by atoms with Crippen molar-refractivity contribution >= 4 is 28.4 Å². The van der Waals surface area contributed by atoms with Crippen molar-refractivity contribution in [2.75, 3.05) is 0 Å². The van der Waals surface area contributed by atoms with E-state index in [0.29, 0.717) is 17.6 Å². The first-order chi connectivity index (χ1) is 12.7. The molecule has 0 heterocycles. The first-order valence-electron chi connectivity index (χ1n) is 11.8. The molecule has 0 amide bonds. The normalized spacial score (nSPS) is 51.7. The lowest BCUT2D eigenvalue weighted by Gasteiger charge is -2.50. The standard InChI is InChI=1S/C25H43IO/c1-14-9-20(7-8-21(14)19(6)27)22-10-16(3)23(11-15(22)2)24-12-18(5)25(26)13-17(24)4/h14-18,20-25H,7-13H2,1-6H3. The third-order valence-electron chi connectivity index (χ3n) is 9.23. The predicted octanol–water partition coefficient (Wildman–Crippen LogP) is 7.41. The van der Waals surface area contributed by atoms with Crippen LogP contribution in [0.1, 0.15) is 86.5 Å². The van der Waals surface area contributed by atoms with E-state index in [1.165, 1.54) is 38.5 Å². The van der Waals surface area contributed by atoms with Gasteiger partial charge >= 0.3 is 0 Å². The molecule has 156 valence electrons. The SMILES string of the molecule is CC(=O)C1CCC(C2CC(C)C(C3CC(C)C(I)CC3C)CC2C)CC1C. The van der Waals surface area contributed by atoms with Gasteiger partial charge in [0.05, 0.1) is 0 Å². The molecule has 3 saturated carbocycles. The number of carbonyl (C=O) groups is 1. The molecule has 11 unspecified atom stereocenters. The van der Waals surface area contributed by atoms with Crippen molar-refractivity contribution in [3.63, 3.8) is 0 Å². The quantitative estimate of drug-likeness (QED) is 0.300. The Labute approximate surface area is 182 Å². The Hall–Kier alpha value is 0.400. The van der Waals surface area contributed by atoms with Gasteiger partial charge < -0.3 is 0 Å². The van der Waals surface area contributed by atoms with Gasteiger partial charge in [-0.25, -0.2) is 0 Å². The summed E-state index contributed by atoms with van der Waals surface area (Å²) in [6.07, 6.45) is 9.54. The molecule has 11 atom stereocenters. The molecular formula is C25H43IO. The summed E-state index contributed by atoms with van der Waals surface area (Å²) in [5, 5.41) is 0. The van der Waals surface area contributed by atoms with Crippen LogP contribution in [-0.2, 0) is 4.79 Å². The van der Waals surface area contributed by atoms with Gasteiger partial charge in [-0.3, -0.25) is 4.79 Å². The summed E-state index contributed by atoms with van der Waals surface area (Å²) >= 11 is 2.70. The van der Waals surface area contributed by atoms with Crippen LogP contribution in [0, 0.1) is 59.2 Å². The highest BCUT2D eigenvalue weighted by molar-refractivity contribution is 14.1. The number of carbonyl (C=O) groups excluding carboxylic acids is 1. The molecule has 0 aromatic carbocycles. The highest BCUT2D eigenvalue weighted by atomic mass is 127. The minimum absolute atomic E-state index is 0.344. The number of hydrogen-bond acceptors (Lipinski definition) is 1. The largest absolute Gasteiger partial charge is 0.300 e. The van der Waals surface area contributed by atoms with E-state index in [1.54, 1.807) is 0 Å². The fraction of sp³-hybridized carbons (Fsp3) is 0.960. The van der Waals surface area contributed by atoms with Gasteiger partial charge in [0.2, 0.25) is 0 Å². The van der Waals surface area contributed by atoms with Gasteiger partial charge in [0, 0.05) is 9.84 Å². The highest BCUT2D eigenvalue weighted by Gasteiger charge is 2.44. The third-order valence-corrected chi connectivity index (χ3v) is 11.0. The molecule has 3 aliphatic carbocycles. The van der Waals surface area contributed by atoms with Gasteiger partial charge in [0.15, 0.2) is 0 Å². The van der Waals surface area contributed by atoms with E-state index in [9.17, 15) is 4.79 Å². The molecule has 0 radical (unpaired) electrons. The second-order valence-electron chi connectivity index (χ2n) is 11.1. The van der Waals surface area contributed by atoms with Crippen molar-refractivity contribution in [1.29, 1.82) is 0 Å². The van der Waals surface area contributed by atoms with Gasteiger partial charge in [-0.1, -0.05) is 57.2 Å². The third kappa shape index (κ3) is 4.77. The Morgan fingerprint density at radius 1 is 0.667 bits per heavy atom. The van der Waals surface area contributed by atoms with Crippen LogP contribution in [0.2, 0.25) is 0 Å². The van der Waals surface area contributed by atoms with Crippen molar-refractivity contribution in [3.8, 4) is 0 Å². The molecule has 3 fully saturated rings. The van der Waals surface area contributed by atoms with Crippen molar-refractivity contribution in [1.82, 2.24) is 0 Å². The lowest BCUT2D eigenvalue weighted by Crippen LogP contribution is -2.43. The Kier molecular flexibility index (Phi) is 7.40. The molecule has 0 aliphatic heterocycles. The Bertz CT molecular complexity index is 516. The minimum atomic E-state index is 0.344. The zero-order chi connectivity index (χ0) is 19.9. The zero-order valence-corrected chi connectivity index (χ0v) is 20.7. The van der Waals surface area contributed by atoms with E-state index in [4.69, 9.17) is 0 Å². The van der Waals surface area contributed by atoms with Crippen LogP contribution in [0.3, 0.4) is 0 Å². The minimum Gasteiger partial charge on any atom is -0.300 e. The maximum absolute atomic E-state index is 11.9. The average molecular weight is 487 g/mol. The molecule has 0 spiro atoms. The number of Topliss-reactive ketones (excluding diaryl/α,β-unsaturated/α-hetero) is 1. The monoisotopic (exact) mass is 486 g/mol. The smallest absolute Gasteiger partial charge is 0.133 e. The molecule has 27 heavy (non-hydrogen) atoms. The maximum Gasteiger partial charge on any atom is 0.133 e. The van der Waals surface area contributed by atoms with Gasteiger partial charge in [-0.15, -0.1) is 0 Å². The summed E-state index contributed by atoms with van der Waals surface area (Å²) in [5.74, 6) is 8.61. The summed E-state index contributed by atoms with van der Waals surface area (Å²) in [5.41, 5.74) is 0. The first-order valence-corrected chi connectivity index (χ1v) is 13.1. The van der Waals surface area contributed by atoms with E-state index in [-0.39, 0.29) is 0 Å². The van der Waals surface area contributed by atoms with Crippen LogP contribution in [-0.4, -0.2) is 9.71 Å². The van der Waals surface area contributed by atoms with E-state index in [2.05, 4.69) is 57.2 Å². The van der Waals surface area contributed by atoms with E-state index in [0.717, 1.165) is 57.7 Å². The van der Waals surface area contributed by atoms with Crippen LogP contribution in [0.4, 0.5) is 0 Å². The topological polar surface area (TPSA) is 17.1 Å². The lowest BCUT2D eigenvalue weighted by atomic mass is 9.56. The fourth-order valence-corrected chi connectivity index (χ4v) is 8.62. The van der Waals surface area contributed by atoms with E-state index in [1.807, 2.05) is 6.92 Å².